The zero-order chi connectivity index (χ0) is 11.4. The average Bonchev–Trinajstić information content (AvgIpc) is 2.32. The molecule has 0 amide bonds. The van der Waals surface area contributed by atoms with Gasteiger partial charge in [0.1, 0.15) is 18.2 Å². The van der Waals surface area contributed by atoms with Crippen LogP contribution in [0.3, 0.4) is 0 Å². The smallest absolute Gasteiger partial charge is 0.145 e. The molecule has 0 aliphatic heterocycles. The number of hydrogen-bond donors (Lipinski definition) is 1. The van der Waals surface area contributed by atoms with Crippen LogP contribution in [0, 0.1) is 5.82 Å². The van der Waals surface area contributed by atoms with Gasteiger partial charge in [-0.3, -0.25) is 4.98 Å². The van der Waals surface area contributed by atoms with Crippen LogP contribution in [0.4, 0.5) is 10.1 Å². The molecule has 1 aromatic carbocycles. The second-order valence-electron chi connectivity index (χ2n) is 3.29. The Kier molecular flexibility index (Phi) is 3.00. The van der Waals surface area contributed by atoms with Crippen LogP contribution in [-0.2, 0) is 6.61 Å². The van der Waals surface area contributed by atoms with Crippen molar-refractivity contribution in [3.05, 3.63) is 54.1 Å². The van der Waals surface area contributed by atoms with Crippen molar-refractivity contribution >= 4 is 5.69 Å². The van der Waals surface area contributed by atoms with Crippen molar-refractivity contribution in [3.63, 3.8) is 0 Å². The topological polar surface area (TPSA) is 48.1 Å². The molecule has 16 heavy (non-hydrogen) atoms. The normalized spacial score (nSPS) is 10.1. The Morgan fingerprint density at radius 2 is 2.12 bits per heavy atom. The Bertz CT molecular complexity index is 474. The first-order valence-corrected chi connectivity index (χ1v) is 4.83. The number of pyridine rings is 1. The molecule has 0 unspecified atom stereocenters. The van der Waals surface area contributed by atoms with E-state index in [1.165, 1.54) is 18.2 Å². The van der Waals surface area contributed by atoms with Gasteiger partial charge in [-0.2, -0.15) is 0 Å². The highest BCUT2D eigenvalue weighted by atomic mass is 19.1. The molecular weight excluding hydrogens is 207 g/mol. The Hall–Kier alpha value is -2.10. The van der Waals surface area contributed by atoms with Crippen LogP contribution < -0.4 is 10.5 Å². The van der Waals surface area contributed by atoms with Crippen molar-refractivity contribution in [3.8, 4) is 5.75 Å². The van der Waals surface area contributed by atoms with E-state index in [9.17, 15) is 4.39 Å². The zero-order valence-corrected chi connectivity index (χ0v) is 8.56. The molecule has 2 aromatic rings. The van der Waals surface area contributed by atoms with Gasteiger partial charge in [-0.1, -0.05) is 6.07 Å². The standard InChI is InChI=1S/C12H11FN2O/c13-9-4-5-11(14)12(7-9)16-8-10-3-1-2-6-15-10/h1-7H,8,14H2. The molecule has 2 N–H and O–H groups in total. The molecule has 2 rings (SSSR count). The van der Waals surface area contributed by atoms with Crippen molar-refractivity contribution in [2.75, 3.05) is 5.73 Å². The SMILES string of the molecule is Nc1ccc(F)cc1OCc1ccccn1. The maximum atomic E-state index is 12.9. The predicted molar refractivity (Wildman–Crippen MR) is 59.4 cm³/mol. The minimum atomic E-state index is -0.370. The molecule has 1 aromatic heterocycles. The molecule has 0 fully saturated rings. The number of nitrogens with zero attached hydrogens (tertiary/aromatic N) is 1. The quantitative estimate of drug-likeness (QED) is 0.804. The van der Waals surface area contributed by atoms with Crippen LogP contribution in [0.25, 0.3) is 0 Å². The van der Waals surface area contributed by atoms with E-state index in [-0.39, 0.29) is 12.4 Å². The summed E-state index contributed by atoms with van der Waals surface area (Å²) in [5.74, 6) is -0.0316. The van der Waals surface area contributed by atoms with Crippen LogP contribution in [0.1, 0.15) is 5.69 Å². The fourth-order valence-corrected chi connectivity index (χ4v) is 1.27. The number of halogens is 1. The van der Waals surface area contributed by atoms with E-state index < -0.39 is 0 Å². The van der Waals surface area contributed by atoms with Gasteiger partial charge in [0.05, 0.1) is 11.4 Å². The third-order valence-electron chi connectivity index (χ3n) is 2.08. The summed E-state index contributed by atoms with van der Waals surface area (Å²) in [5.41, 5.74) is 6.83. The summed E-state index contributed by atoms with van der Waals surface area (Å²) < 4.78 is 18.3. The van der Waals surface area contributed by atoms with Crippen molar-refractivity contribution in [1.82, 2.24) is 4.98 Å². The Labute approximate surface area is 92.7 Å². The minimum Gasteiger partial charge on any atom is -0.485 e. The van der Waals surface area contributed by atoms with Gasteiger partial charge in [0.2, 0.25) is 0 Å². The van der Waals surface area contributed by atoms with Crippen LogP contribution in [-0.4, -0.2) is 4.98 Å². The van der Waals surface area contributed by atoms with E-state index in [1.54, 1.807) is 6.20 Å². The lowest BCUT2D eigenvalue weighted by Gasteiger charge is -2.08. The van der Waals surface area contributed by atoms with Crippen molar-refractivity contribution in [2.24, 2.45) is 0 Å². The lowest BCUT2D eigenvalue weighted by molar-refractivity contribution is 0.301. The monoisotopic (exact) mass is 218 g/mol. The molecule has 0 saturated carbocycles. The minimum absolute atomic E-state index is 0.272. The maximum absolute atomic E-state index is 12.9. The van der Waals surface area contributed by atoms with Crippen molar-refractivity contribution in [2.45, 2.75) is 6.61 Å². The lowest BCUT2D eigenvalue weighted by atomic mass is 10.3. The molecular formula is C12H11FN2O. The summed E-state index contributed by atoms with van der Waals surface area (Å²) in [4.78, 5) is 4.09. The Morgan fingerprint density at radius 1 is 1.25 bits per heavy atom. The maximum Gasteiger partial charge on any atom is 0.145 e. The number of nitrogen functional groups attached to an aromatic ring is 1. The predicted octanol–water partition coefficient (Wildman–Crippen LogP) is 2.38. The van der Waals surface area contributed by atoms with Gasteiger partial charge in [0, 0.05) is 12.3 Å². The van der Waals surface area contributed by atoms with Gasteiger partial charge in [0.25, 0.3) is 0 Å². The van der Waals surface area contributed by atoms with E-state index in [1.807, 2.05) is 18.2 Å². The molecule has 82 valence electrons. The first-order chi connectivity index (χ1) is 7.75. The first kappa shape index (κ1) is 10.4. The second kappa shape index (κ2) is 4.61. The van der Waals surface area contributed by atoms with E-state index >= 15 is 0 Å². The molecule has 0 saturated heterocycles. The fourth-order valence-electron chi connectivity index (χ4n) is 1.27. The summed E-state index contributed by atoms with van der Waals surface area (Å²) in [6, 6.07) is 9.54. The zero-order valence-electron chi connectivity index (χ0n) is 8.56. The number of anilines is 1. The second-order valence-corrected chi connectivity index (χ2v) is 3.29. The van der Waals surface area contributed by atoms with Crippen LogP contribution in [0.15, 0.2) is 42.6 Å². The summed E-state index contributed by atoms with van der Waals surface area (Å²) in [6.45, 7) is 0.272. The van der Waals surface area contributed by atoms with E-state index in [0.29, 0.717) is 11.4 Å². The molecule has 0 spiro atoms. The summed E-state index contributed by atoms with van der Waals surface area (Å²) in [5, 5.41) is 0. The van der Waals surface area contributed by atoms with E-state index in [2.05, 4.69) is 4.98 Å². The van der Waals surface area contributed by atoms with E-state index in [0.717, 1.165) is 5.69 Å². The van der Waals surface area contributed by atoms with Gasteiger partial charge in [-0.15, -0.1) is 0 Å². The van der Waals surface area contributed by atoms with E-state index in [4.69, 9.17) is 10.5 Å². The van der Waals surface area contributed by atoms with Crippen LogP contribution in [0.5, 0.6) is 5.75 Å². The number of benzene rings is 1. The highest BCUT2D eigenvalue weighted by molar-refractivity contribution is 5.52. The Balaban J connectivity index is 2.08. The van der Waals surface area contributed by atoms with Crippen LogP contribution >= 0.6 is 0 Å². The summed E-state index contributed by atoms with van der Waals surface area (Å²) >= 11 is 0. The van der Waals surface area contributed by atoms with Gasteiger partial charge in [-0.25, -0.2) is 4.39 Å². The van der Waals surface area contributed by atoms with Crippen LogP contribution in [0.2, 0.25) is 0 Å². The van der Waals surface area contributed by atoms with Gasteiger partial charge < -0.3 is 10.5 Å². The first-order valence-electron chi connectivity index (χ1n) is 4.83. The highest BCUT2D eigenvalue weighted by Gasteiger charge is 2.02. The highest BCUT2D eigenvalue weighted by Crippen LogP contribution is 2.22. The fraction of sp³-hybridized carbons (Fsp3) is 0.0833. The molecule has 0 aliphatic rings. The van der Waals surface area contributed by atoms with Crippen molar-refractivity contribution < 1.29 is 9.13 Å². The number of ether oxygens (including phenoxy) is 1. The Morgan fingerprint density at radius 3 is 2.88 bits per heavy atom. The summed E-state index contributed by atoms with van der Waals surface area (Å²) in [6.07, 6.45) is 1.67. The third-order valence-corrected chi connectivity index (χ3v) is 2.08. The van der Waals surface area contributed by atoms with Gasteiger partial charge in [0.15, 0.2) is 0 Å². The molecule has 0 atom stereocenters. The summed E-state index contributed by atoms with van der Waals surface area (Å²) in [7, 11) is 0. The lowest BCUT2D eigenvalue weighted by Crippen LogP contribution is -2.00. The number of rotatable bonds is 3. The van der Waals surface area contributed by atoms with Crippen molar-refractivity contribution in [1.29, 1.82) is 0 Å². The number of nitrogens with two attached hydrogens (primary N) is 1. The third kappa shape index (κ3) is 2.48. The number of aromatic nitrogens is 1. The molecule has 4 heteroatoms. The molecule has 3 nitrogen and oxygen atoms in total. The number of hydrogen-bond acceptors (Lipinski definition) is 3. The molecule has 0 aliphatic carbocycles. The molecule has 0 radical (unpaired) electrons. The largest absolute Gasteiger partial charge is 0.485 e. The molecule has 0 bridgehead atoms. The van der Waals surface area contributed by atoms with Gasteiger partial charge >= 0.3 is 0 Å². The average molecular weight is 218 g/mol. The molecule has 1 heterocycles. The van der Waals surface area contributed by atoms with Gasteiger partial charge in [-0.05, 0) is 24.3 Å².